The van der Waals surface area contributed by atoms with Gasteiger partial charge in [-0.1, -0.05) is 36.4 Å². The zero-order valence-electron chi connectivity index (χ0n) is 16.0. The Labute approximate surface area is 175 Å². The van der Waals surface area contributed by atoms with Gasteiger partial charge >= 0.3 is 6.18 Å². The normalized spacial score (nSPS) is 11.8. The molecule has 3 aromatic rings. The van der Waals surface area contributed by atoms with Crippen LogP contribution in [0, 0.1) is 0 Å². The molecule has 0 aliphatic rings. The third-order valence-electron chi connectivity index (χ3n) is 4.07. The first-order chi connectivity index (χ1) is 14.8. The van der Waals surface area contributed by atoms with Crippen molar-refractivity contribution in [3.8, 4) is 5.75 Å². The van der Waals surface area contributed by atoms with Gasteiger partial charge in [0, 0.05) is 5.56 Å². The molecular weight excluding hydrogens is 409 g/mol. The third-order valence-corrected chi connectivity index (χ3v) is 4.07. The van der Waals surface area contributed by atoms with Crippen LogP contribution in [0.2, 0.25) is 0 Å². The fourth-order valence-corrected chi connectivity index (χ4v) is 2.56. The number of carbonyl (C=O) groups excluding carboxylic acids is 1. The SMILES string of the molecule is O=C(Cc1ccccc1)N/N=C\c1cc(N=Nc2cccc(C(F)(F)F)c2)ccc1O. The summed E-state index contributed by atoms with van der Waals surface area (Å²) in [7, 11) is 0. The number of rotatable bonds is 6. The van der Waals surface area contributed by atoms with E-state index in [0.717, 1.165) is 17.7 Å². The summed E-state index contributed by atoms with van der Waals surface area (Å²) in [6, 6.07) is 17.8. The van der Waals surface area contributed by atoms with Gasteiger partial charge in [0.1, 0.15) is 5.75 Å². The van der Waals surface area contributed by atoms with Crippen LogP contribution in [0.4, 0.5) is 24.5 Å². The Morgan fingerprint density at radius 1 is 0.935 bits per heavy atom. The van der Waals surface area contributed by atoms with E-state index in [-0.39, 0.29) is 35.0 Å². The number of nitrogens with zero attached hydrogens (tertiary/aromatic N) is 3. The zero-order valence-corrected chi connectivity index (χ0v) is 16.0. The van der Waals surface area contributed by atoms with Gasteiger partial charge in [0.2, 0.25) is 5.91 Å². The Kier molecular flexibility index (Phi) is 6.76. The Morgan fingerprint density at radius 2 is 1.65 bits per heavy atom. The van der Waals surface area contributed by atoms with Gasteiger partial charge < -0.3 is 5.11 Å². The molecule has 0 aliphatic heterocycles. The van der Waals surface area contributed by atoms with Crippen molar-refractivity contribution < 1.29 is 23.1 Å². The van der Waals surface area contributed by atoms with Gasteiger partial charge in [-0.25, -0.2) is 5.43 Å². The first-order valence-electron chi connectivity index (χ1n) is 9.09. The lowest BCUT2D eigenvalue weighted by molar-refractivity contribution is -0.137. The minimum Gasteiger partial charge on any atom is -0.507 e. The summed E-state index contributed by atoms with van der Waals surface area (Å²) < 4.78 is 38.3. The van der Waals surface area contributed by atoms with E-state index in [4.69, 9.17) is 0 Å². The Balaban J connectivity index is 1.67. The summed E-state index contributed by atoms with van der Waals surface area (Å²) in [5, 5.41) is 21.5. The summed E-state index contributed by atoms with van der Waals surface area (Å²) in [6.07, 6.45) is -3.09. The minimum absolute atomic E-state index is 0.0336. The molecule has 0 unspecified atom stereocenters. The number of halogens is 3. The van der Waals surface area contributed by atoms with Crippen LogP contribution in [0.3, 0.4) is 0 Å². The maximum absolute atomic E-state index is 12.8. The summed E-state index contributed by atoms with van der Waals surface area (Å²) >= 11 is 0. The molecule has 0 aliphatic carbocycles. The summed E-state index contributed by atoms with van der Waals surface area (Å²) in [5.41, 5.74) is 2.94. The molecule has 3 aromatic carbocycles. The quantitative estimate of drug-likeness (QED) is 0.309. The number of alkyl halides is 3. The molecule has 0 saturated heterocycles. The standard InChI is InChI=1S/C22H17F3N4O2/c23-22(24,25)17-7-4-8-18(13-17)27-28-19-9-10-20(30)16(12-19)14-26-29-21(31)11-15-5-2-1-3-6-15/h1-10,12-14,30H,11H2,(H,29,31)/b26-14-,28-27?. The lowest BCUT2D eigenvalue weighted by Gasteiger charge is -2.06. The monoisotopic (exact) mass is 426 g/mol. The zero-order chi connectivity index (χ0) is 22.3. The molecule has 6 nitrogen and oxygen atoms in total. The second-order valence-corrected chi connectivity index (χ2v) is 6.45. The summed E-state index contributed by atoms with van der Waals surface area (Å²) in [6.45, 7) is 0. The summed E-state index contributed by atoms with van der Waals surface area (Å²) in [4.78, 5) is 11.9. The molecule has 0 atom stereocenters. The van der Waals surface area contributed by atoms with Crippen molar-refractivity contribution in [1.82, 2.24) is 5.43 Å². The largest absolute Gasteiger partial charge is 0.507 e. The van der Waals surface area contributed by atoms with E-state index in [0.29, 0.717) is 0 Å². The number of phenolic OH excluding ortho intramolecular Hbond substituents is 1. The van der Waals surface area contributed by atoms with Crippen molar-refractivity contribution in [1.29, 1.82) is 0 Å². The smallest absolute Gasteiger partial charge is 0.416 e. The van der Waals surface area contributed by atoms with Crippen molar-refractivity contribution in [3.05, 3.63) is 89.5 Å². The van der Waals surface area contributed by atoms with Crippen LogP contribution in [-0.2, 0) is 17.4 Å². The predicted molar refractivity (Wildman–Crippen MR) is 110 cm³/mol. The number of phenols is 1. The number of benzene rings is 3. The van der Waals surface area contributed by atoms with Gasteiger partial charge in [0.15, 0.2) is 0 Å². The van der Waals surface area contributed by atoms with Gasteiger partial charge in [-0.3, -0.25) is 4.79 Å². The second-order valence-electron chi connectivity index (χ2n) is 6.45. The number of amides is 1. The molecule has 0 heterocycles. The Hall–Kier alpha value is -4.01. The number of hydrogen-bond donors (Lipinski definition) is 2. The summed E-state index contributed by atoms with van der Waals surface area (Å²) in [5.74, 6) is -0.443. The highest BCUT2D eigenvalue weighted by Gasteiger charge is 2.30. The lowest BCUT2D eigenvalue weighted by atomic mass is 10.1. The van der Waals surface area contributed by atoms with Gasteiger partial charge in [-0.15, -0.1) is 0 Å². The number of hydrazone groups is 1. The average Bonchev–Trinajstić information content (AvgIpc) is 2.74. The number of hydrogen-bond acceptors (Lipinski definition) is 5. The van der Waals surface area contributed by atoms with E-state index in [1.54, 1.807) is 0 Å². The van der Waals surface area contributed by atoms with E-state index in [1.165, 1.54) is 36.5 Å². The van der Waals surface area contributed by atoms with Crippen molar-refractivity contribution in [2.45, 2.75) is 12.6 Å². The highest BCUT2D eigenvalue weighted by atomic mass is 19.4. The van der Waals surface area contributed by atoms with Crippen molar-refractivity contribution in [2.24, 2.45) is 15.3 Å². The van der Waals surface area contributed by atoms with E-state index in [9.17, 15) is 23.1 Å². The molecule has 9 heteroatoms. The molecule has 2 N–H and O–H groups in total. The van der Waals surface area contributed by atoms with Gasteiger partial charge in [0.25, 0.3) is 0 Å². The van der Waals surface area contributed by atoms with Gasteiger partial charge in [0.05, 0.1) is 29.6 Å². The van der Waals surface area contributed by atoms with Crippen molar-refractivity contribution in [2.75, 3.05) is 0 Å². The average molecular weight is 426 g/mol. The van der Waals surface area contributed by atoms with Crippen LogP contribution < -0.4 is 5.43 Å². The number of nitrogens with one attached hydrogen (secondary N) is 1. The fraction of sp³-hybridized carbons (Fsp3) is 0.0909. The predicted octanol–water partition coefficient (Wildman–Crippen LogP) is 5.52. The van der Waals surface area contributed by atoms with Crippen LogP contribution in [-0.4, -0.2) is 17.2 Å². The van der Waals surface area contributed by atoms with E-state index in [1.807, 2.05) is 30.3 Å². The third kappa shape index (κ3) is 6.49. The lowest BCUT2D eigenvalue weighted by Crippen LogP contribution is -2.19. The molecule has 158 valence electrons. The number of aromatic hydroxyl groups is 1. The molecule has 0 saturated carbocycles. The molecule has 0 aromatic heterocycles. The molecule has 0 fully saturated rings. The van der Waals surface area contributed by atoms with Crippen LogP contribution in [0.1, 0.15) is 16.7 Å². The van der Waals surface area contributed by atoms with E-state index < -0.39 is 11.7 Å². The molecule has 0 spiro atoms. The molecule has 1 amide bonds. The van der Waals surface area contributed by atoms with Crippen LogP contribution in [0.15, 0.2) is 88.1 Å². The van der Waals surface area contributed by atoms with Gasteiger partial charge in [-0.05, 0) is 42.0 Å². The number of carbonyl (C=O) groups is 1. The highest BCUT2D eigenvalue weighted by molar-refractivity contribution is 5.86. The first kappa shape index (κ1) is 21.7. The molecular formula is C22H17F3N4O2. The van der Waals surface area contributed by atoms with Crippen LogP contribution in [0.5, 0.6) is 5.75 Å². The maximum Gasteiger partial charge on any atom is 0.416 e. The van der Waals surface area contributed by atoms with E-state index >= 15 is 0 Å². The highest BCUT2D eigenvalue weighted by Crippen LogP contribution is 2.32. The van der Waals surface area contributed by atoms with Gasteiger partial charge in [-0.2, -0.15) is 28.5 Å². The Bertz CT molecular complexity index is 1110. The molecule has 3 rings (SSSR count). The molecule has 0 radical (unpaired) electrons. The molecule has 31 heavy (non-hydrogen) atoms. The van der Waals surface area contributed by atoms with Crippen molar-refractivity contribution in [3.63, 3.8) is 0 Å². The first-order valence-corrected chi connectivity index (χ1v) is 9.09. The topological polar surface area (TPSA) is 86.4 Å². The van der Waals surface area contributed by atoms with E-state index in [2.05, 4.69) is 20.8 Å². The van der Waals surface area contributed by atoms with Crippen LogP contribution in [0.25, 0.3) is 0 Å². The van der Waals surface area contributed by atoms with Crippen molar-refractivity contribution >= 4 is 23.5 Å². The second kappa shape index (κ2) is 9.66. The Morgan fingerprint density at radius 3 is 2.35 bits per heavy atom. The maximum atomic E-state index is 12.8. The minimum atomic E-state index is -4.47. The van der Waals surface area contributed by atoms with Crippen LogP contribution >= 0.6 is 0 Å². The fourth-order valence-electron chi connectivity index (χ4n) is 2.56. The number of azo groups is 1. The molecule has 0 bridgehead atoms.